The summed E-state index contributed by atoms with van der Waals surface area (Å²) in [6.07, 6.45) is -6.65. The molecule has 2 aliphatic rings. The molecule has 17 heteroatoms. The lowest BCUT2D eigenvalue weighted by atomic mass is 9.97. The Morgan fingerprint density at radius 3 is 2.35 bits per heavy atom. The van der Waals surface area contributed by atoms with Gasteiger partial charge in [-0.2, -0.15) is 31.6 Å². The van der Waals surface area contributed by atoms with Gasteiger partial charge in [-0.3, -0.25) is 14.6 Å². The number of hydrogen-bond donors (Lipinski definition) is 1. The summed E-state index contributed by atoms with van der Waals surface area (Å²) in [5.74, 6) is 0.498. The van der Waals surface area contributed by atoms with E-state index < -0.39 is 23.5 Å². The normalized spacial score (nSPS) is 17.3. The zero-order valence-electron chi connectivity index (χ0n) is 24.2. The van der Waals surface area contributed by atoms with Gasteiger partial charge in [0.15, 0.2) is 5.82 Å². The number of ether oxygens (including phenoxy) is 2. The highest BCUT2D eigenvalue weighted by Crippen LogP contribution is 2.40. The lowest BCUT2D eigenvalue weighted by Gasteiger charge is -2.26. The first-order valence-corrected chi connectivity index (χ1v) is 15.5. The number of aryl methyl sites for hydroxylation is 1. The van der Waals surface area contributed by atoms with E-state index in [1.54, 1.807) is 0 Å². The predicted molar refractivity (Wildman–Crippen MR) is 162 cm³/mol. The van der Waals surface area contributed by atoms with E-state index in [9.17, 15) is 31.1 Å². The Labute approximate surface area is 269 Å². The van der Waals surface area contributed by atoms with Gasteiger partial charge in [-0.15, -0.1) is 10.2 Å². The van der Waals surface area contributed by atoms with E-state index in [0.717, 1.165) is 24.9 Å². The van der Waals surface area contributed by atoms with Gasteiger partial charge in [-0.1, -0.05) is 35.3 Å². The monoisotopic (exact) mass is 686 g/mol. The second-order valence-corrected chi connectivity index (χ2v) is 12.1. The summed E-state index contributed by atoms with van der Waals surface area (Å²) in [4.78, 5) is 17.2. The number of H-pyrrole nitrogens is 1. The van der Waals surface area contributed by atoms with Crippen molar-refractivity contribution in [2.75, 3.05) is 46.0 Å². The zero-order valence-corrected chi connectivity index (χ0v) is 25.8. The number of carbonyl (C=O) groups excluding carboxylic acids is 1. The Kier molecular flexibility index (Phi) is 10.6. The molecule has 2 fully saturated rings. The fraction of sp³-hybridized carbons (Fsp3) is 0.414. The molecule has 1 N–H and O–H groups in total. The van der Waals surface area contributed by atoms with E-state index in [-0.39, 0.29) is 34.6 Å². The summed E-state index contributed by atoms with van der Waals surface area (Å²) >= 11 is 6.50. The molecule has 1 amide bonds. The van der Waals surface area contributed by atoms with Gasteiger partial charge in [0.05, 0.1) is 29.2 Å². The second-order valence-electron chi connectivity index (χ2n) is 10.5. The van der Waals surface area contributed by atoms with Crippen LogP contribution >= 0.6 is 24.0 Å². The molecule has 2 aliphatic heterocycles. The van der Waals surface area contributed by atoms with Gasteiger partial charge in [-0.25, -0.2) is 0 Å². The molecule has 0 bridgehead atoms. The van der Waals surface area contributed by atoms with Crippen molar-refractivity contribution < 1.29 is 40.6 Å². The molecule has 0 saturated carbocycles. The van der Waals surface area contributed by atoms with Crippen LogP contribution in [-0.4, -0.2) is 86.7 Å². The first kappa shape index (κ1) is 33.8. The topological polar surface area (TPSA) is 96.5 Å². The van der Waals surface area contributed by atoms with Crippen LogP contribution < -0.4 is 4.74 Å². The van der Waals surface area contributed by atoms with Crippen molar-refractivity contribution in [2.45, 2.75) is 31.6 Å². The smallest absolute Gasteiger partial charge is 0.416 e. The number of carbonyl (C=O) groups is 1. The minimum Gasteiger partial charge on any atom is -0.492 e. The van der Waals surface area contributed by atoms with E-state index in [0.29, 0.717) is 79.2 Å². The molecule has 0 unspecified atom stereocenters. The molecule has 0 atom stereocenters. The lowest BCUT2D eigenvalue weighted by molar-refractivity contribution is -0.143. The van der Waals surface area contributed by atoms with Crippen molar-refractivity contribution in [1.29, 1.82) is 0 Å². The minimum atomic E-state index is -5.00. The Bertz CT molecular complexity index is 1540. The average Bonchev–Trinajstić information content (AvgIpc) is 3.63. The van der Waals surface area contributed by atoms with Crippen LogP contribution in [0, 0.1) is 0 Å². The molecule has 3 aromatic rings. The van der Waals surface area contributed by atoms with E-state index in [1.807, 2.05) is 0 Å². The molecular weight excluding hydrogens is 658 g/mol. The van der Waals surface area contributed by atoms with Crippen molar-refractivity contribution >= 4 is 40.3 Å². The fourth-order valence-corrected chi connectivity index (χ4v) is 6.18. The summed E-state index contributed by atoms with van der Waals surface area (Å²) in [6, 6.07) is 5.71. The van der Waals surface area contributed by atoms with Crippen LogP contribution in [0.4, 0.5) is 26.3 Å². The van der Waals surface area contributed by atoms with Gasteiger partial charge in [0.25, 0.3) is 5.91 Å². The first-order valence-electron chi connectivity index (χ1n) is 14.2. The number of nitrogens with one attached hydrogen (secondary N) is 1. The summed E-state index contributed by atoms with van der Waals surface area (Å²) in [7, 11) is 0. The summed E-state index contributed by atoms with van der Waals surface area (Å²) < 4.78 is 93.2. The highest BCUT2D eigenvalue weighted by Gasteiger charge is 2.37. The van der Waals surface area contributed by atoms with Gasteiger partial charge >= 0.3 is 12.4 Å². The van der Waals surface area contributed by atoms with Crippen molar-refractivity contribution in [1.82, 2.24) is 30.4 Å². The molecule has 5 rings (SSSR count). The van der Waals surface area contributed by atoms with Crippen LogP contribution in [0.3, 0.4) is 0 Å². The number of benzene rings is 2. The molecule has 2 aromatic carbocycles. The van der Waals surface area contributed by atoms with E-state index in [2.05, 4.69) is 25.5 Å². The molecule has 0 radical (unpaired) electrons. The quantitative estimate of drug-likeness (QED) is 0.116. The van der Waals surface area contributed by atoms with E-state index in [4.69, 9.17) is 21.7 Å². The van der Waals surface area contributed by atoms with E-state index >= 15 is 0 Å². The SMILES string of the molecule is O=C1/C(=C/c2cc(-c3cc(C(F)(F)F)cc(C(F)(F)F)c3)ccc2OCCN2CCOCC2)SC(=S)N1CCCCc1nn[nH]n1. The number of amides is 1. The molecule has 3 heterocycles. The van der Waals surface area contributed by atoms with Gasteiger partial charge in [0, 0.05) is 38.2 Å². The third kappa shape index (κ3) is 8.63. The predicted octanol–water partition coefficient (Wildman–Crippen LogP) is 5.84. The van der Waals surface area contributed by atoms with Crippen LogP contribution in [0.1, 0.15) is 35.4 Å². The van der Waals surface area contributed by atoms with Gasteiger partial charge in [0.2, 0.25) is 0 Å². The van der Waals surface area contributed by atoms with Crippen molar-refractivity contribution in [3.63, 3.8) is 0 Å². The highest BCUT2D eigenvalue weighted by molar-refractivity contribution is 8.26. The Hall–Kier alpha value is -3.54. The van der Waals surface area contributed by atoms with Gasteiger partial charge < -0.3 is 9.47 Å². The third-order valence-corrected chi connectivity index (χ3v) is 8.66. The number of hydrogen-bond acceptors (Lipinski definition) is 9. The minimum absolute atomic E-state index is 0.0836. The lowest BCUT2D eigenvalue weighted by Crippen LogP contribution is -2.38. The Balaban J connectivity index is 1.42. The standard InChI is InChI=1S/C29H28F6N6O3S2/c30-28(31,32)21-14-19(15-22(17-21)29(33,34)35)18-4-5-23(44-12-9-40-7-10-43-11-8-40)20(13-18)16-24-26(42)41(27(45)46-24)6-2-1-3-25-36-38-39-37-25/h4-5,13-17H,1-3,6-12H2,(H,36,37,38,39)/b24-16-. The Morgan fingerprint density at radius 1 is 0.978 bits per heavy atom. The number of nitrogens with zero attached hydrogens (tertiary/aromatic N) is 5. The number of aromatic nitrogens is 4. The molecule has 9 nitrogen and oxygen atoms in total. The first-order chi connectivity index (χ1) is 21.9. The van der Waals surface area contributed by atoms with Crippen molar-refractivity contribution in [3.8, 4) is 16.9 Å². The van der Waals surface area contributed by atoms with Crippen LogP contribution in [-0.2, 0) is 28.3 Å². The molecule has 0 spiro atoms. The number of thiocarbonyl (C=S) groups is 1. The number of halogens is 6. The summed E-state index contributed by atoms with van der Waals surface area (Å²) in [5, 5.41) is 13.7. The van der Waals surface area contributed by atoms with Crippen LogP contribution in [0.15, 0.2) is 41.3 Å². The molecule has 246 valence electrons. The second kappa shape index (κ2) is 14.5. The highest BCUT2D eigenvalue weighted by atomic mass is 32.2. The number of alkyl halides is 6. The maximum absolute atomic E-state index is 13.6. The number of unbranched alkanes of at least 4 members (excludes halogenated alkanes) is 1. The van der Waals surface area contributed by atoms with Crippen molar-refractivity contribution in [2.24, 2.45) is 0 Å². The molecule has 1 aromatic heterocycles. The molecule has 0 aliphatic carbocycles. The summed E-state index contributed by atoms with van der Waals surface area (Å²) in [6.45, 7) is 3.80. The number of thioether (sulfide) groups is 1. The largest absolute Gasteiger partial charge is 0.492 e. The number of rotatable bonds is 11. The molecule has 2 saturated heterocycles. The summed E-state index contributed by atoms with van der Waals surface area (Å²) in [5.41, 5.74) is -2.75. The van der Waals surface area contributed by atoms with Crippen LogP contribution in [0.25, 0.3) is 17.2 Å². The number of tetrazole rings is 1. The zero-order chi connectivity index (χ0) is 32.9. The molecule has 46 heavy (non-hydrogen) atoms. The van der Waals surface area contributed by atoms with Crippen LogP contribution in [0.5, 0.6) is 5.75 Å². The maximum atomic E-state index is 13.6. The van der Waals surface area contributed by atoms with E-state index in [1.165, 1.54) is 29.2 Å². The molecular formula is C29H28F6N6O3S2. The Morgan fingerprint density at radius 2 is 1.70 bits per heavy atom. The maximum Gasteiger partial charge on any atom is 0.416 e. The number of aromatic amines is 1. The fourth-order valence-electron chi connectivity index (χ4n) is 4.88. The average molecular weight is 687 g/mol. The van der Waals surface area contributed by atoms with Gasteiger partial charge in [-0.05, 0) is 60.4 Å². The number of morpholine rings is 1. The van der Waals surface area contributed by atoms with Gasteiger partial charge in [0.1, 0.15) is 16.7 Å². The van der Waals surface area contributed by atoms with Crippen molar-refractivity contribution in [3.05, 3.63) is 63.8 Å². The van der Waals surface area contributed by atoms with Crippen LogP contribution in [0.2, 0.25) is 0 Å². The third-order valence-electron chi connectivity index (χ3n) is 7.28.